The van der Waals surface area contributed by atoms with Gasteiger partial charge in [-0.25, -0.2) is 4.39 Å². The van der Waals surface area contributed by atoms with Crippen LogP contribution in [0.3, 0.4) is 0 Å². The second-order valence-corrected chi connectivity index (χ2v) is 5.59. The first-order chi connectivity index (χ1) is 9.49. The van der Waals surface area contributed by atoms with E-state index in [4.69, 9.17) is 18.0 Å². The molecule has 6 heteroatoms. The van der Waals surface area contributed by atoms with E-state index >= 15 is 0 Å². The molecule has 2 rings (SSSR count). The fourth-order valence-electron chi connectivity index (χ4n) is 1.60. The Morgan fingerprint density at radius 1 is 1.25 bits per heavy atom. The van der Waals surface area contributed by atoms with Crippen LogP contribution < -0.4 is 11.1 Å². The Morgan fingerprint density at radius 3 is 2.55 bits per heavy atom. The molecule has 0 atom stereocenters. The summed E-state index contributed by atoms with van der Waals surface area (Å²) in [5.74, 6) is -0.938. The molecular formula is C14H10FIN2OS. The molecule has 0 aliphatic rings. The Bertz CT molecular complexity index is 691. The first-order valence-corrected chi connectivity index (χ1v) is 7.13. The minimum absolute atomic E-state index is 0.0923. The Kier molecular flexibility index (Phi) is 4.66. The summed E-state index contributed by atoms with van der Waals surface area (Å²) in [5.41, 5.74) is 6.43. The van der Waals surface area contributed by atoms with Crippen molar-refractivity contribution in [3.8, 4) is 0 Å². The Morgan fingerprint density at radius 2 is 1.95 bits per heavy atom. The zero-order chi connectivity index (χ0) is 14.7. The van der Waals surface area contributed by atoms with E-state index in [9.17, 15) is 9.18 Å². The van der Waals surface area contributed by atoms with Crippen molar-refractivity contribution in [3.63, 3.8) is 0 Å². The molecule has 2 aromatic carbocycles. The quantitative estimate of drug-likeness (QED) is 0.614. The first kappa shape index (κ1) is 14.9. The highest BCUT2D eigenvalue weighted by Gasteiger charge is 2.12. The van der Waals surface area contributed by atoms with E-state index in [1.165, 1.54) is 12.1 Å². The summed E-state index contributed by atoms with van der Waals surface area (Å²) in [6, 6.07) is 11.3. The first-order valence-electron chi connectivity index (χ1n) is 5.64. The van der Waals surface area contributed by atoms with Gasteiger partial charge in [0.05, 0.1) is 11.3 Å². The molecular weight excluding hydrogens is 390 g/mol. The molecule has 1 amide bonds. The third-order valence-corrected chi connectivity index (χ3v) is 3.80. The monoisotopic (exact) mass is 400 g/mol. The van der Waals surface area contributed by atoms with E-state index in [-0.39, 0.29) is 16.6 Å². The minimum atomic E-state index is -0.574. The van der Waals surface area contributed by atoms with E-state index in [1.54, 1.807) is 18.2 Å². The molecule has 0 unspecified atom stereocenters. The largest absolute Gasteiger partial charge is 0.389 e. The number of carbonyl (C=O) groups excluding carboxylic acids is 1. The second kappa shape index (κ2) is 6.27. The second-order valence-electron chi connectivity index (χ2n) is 3.99. The van der Waals surface area contributed by atoms with Gasteiger partial charge in [-0.2, -0.15) is 0 Å². The lowest BCUT2D eigenvalue weighted by Crippen LogP contribution is -2.15. The molecule has 0 spiro atoms. The van der Waals surface area contributed by atoms with Crippen LogP contribution in [0.1, 0.15) is 15.9 Å². The van der Waals surface area contributed by atoms with Crippen molar-refractivity contribution in [2.75, 3.05) is 5.32 Å². The zero-order valence-electron chi connectivity index (χ0n) is 10.2. The van der Waals surface area contributed by atoms with E-state index < -0.39 is 5.82 Å². The molecule has 3 nitrogen and oxygen atoms in total. The summed E-state index contributed by atoms with van der Waals surface area (Å²) in [4.78, 5) is 12.2. The Hall–Kier alpha value is -1.54. The van der Waals surface area contributed by atoms with Crippen molar-refractivity contribution in [2.24, 2.45) is 5.73 Å². The van der Waals surface area contributed by atoms with Gasteiger partial charge in [-0.05, 0) is 52.9 Å². The van der Waals surface area contributed by atoms with E-state index in [0.717, 1.165) is 3.57 Å². The molecule has 102 valence electrons. The van der Waals surface area contributed by atoms with Crippen molar-refractivity contribution in [3.05, 3.63) is 63.0 Å². The minimum Gasteiger partial charge on any atom is -0.389 e. The zero-order valence-corrected chi connectivity index (χ0v) is 13.2. The van der Waals surface area contributed by atoms with Crippen LogP contribution in [-0.2, 0) is 0 Å². The highest BCUT2D eigenvalue weighted by atomic mass is 127. The van der Waals surface area contributed by atoms with Crippen molar-refractivity contribution in [1.29, 1.82) is 0 Å². The summed E-state index contributed by atoms with van der Waals surface area (Å²) >= 11 is 6.82. The van der Waals surface area contributed by atoms with Gasteiger partial charge in [-0.15, -0.1) is 0 Å². The number of hydrogen-bond donors (Lipinski definition) is 2. The average molecular weight is 400 g/mol. The van der Waals surface area contributed by atoms with Gasteiger partial charge in [0, 0.05) is 9.13 Å². The Balaban J connectivity index is 2.25. The van der Waals surface area contributed by atoms with E-state index in [1.807, 2.05) is 12.1 Å². The van der Waals surface area contributed by atoms with Crippen LogP contribution >= 0.6 is 34.8 Å². The fraction of sp³-hybridized carbons (Fsp3) is 0. The van der Waals surface area contributed by atoms with Gasteiger partial charge < -0.3 is 11.1 Å². The molecule has 2 aromatic rings. The van der Waals surface area contributed by atoms with Crippen molar-refractivity contribution in [1.82, 2.24) is 0 Å². The molecule has 3 N–H and O–H groups in total. The molecule has 20 heavy (non-hydrogen) atoms. The molecule has 0 aliphatic carbocycles. The normalized spacial score (nSPS) is 10.1. The lowest BCUT2D eigenvalue weighted by molar-refractivity contribution is 0.102. The summed E-state index contributed by atoms with van der Waals surface area (Å²) in [6.45, 7) is 0. The number of benzene rings is 2. The maximum absolute atomic E-state index is 13.9. The molecule has 0 aromatic heterocycles. The summed E-state index contributed by atoms with van der Waals surface area (Å²) in [6.07, 6.45) is 0. The summed E-state index contributed by atoms with van der Waals surface area (Å²) < 4.78 is 14.6. The van der Waals surface area contributed by atoms with Crippen LogP contribution in [0.25, 0.3) is 0 Å². The highest BCUT2D eigenvalue weighted by Crippen LogP contribution is 2.18. The fourth-order valence-corrected chi connectivity index (χ4v) is 2.36. The van der Waals surface area contributed by atoms with Gasteiger partial charge in [0.15, 0.2) is 0 Å². The highest BCUT2D eigenvalue weighted by molar-refractivity contribution is 14.1. The van der Waals surface area contributed by atoms with Gasteiger partial charge in [0.2, 0.25) is 0 Å². The lowest BCUT2D eigenvalue weighted by atomic mass is 10.1. The standard InChI is InChI=1S/C14H10FIN2OS/c15-10-7-8(13(17)20)5-6-12(10)18-14(19)9-3-1-2-4-11(9)16/h1-7H,(H2,17,20)(H,18,19). The maximum atomic E-state index is 13.9. The number of rotatable bonds is 3. The predicted octanol–water partition coefficient (Wildman–Crippen LogP) is 3.32. The molecule has 0 fully saturated rings. The smallest absolute Gasteiger partial charge is 0.256 e. The van der Waals surface area contributed by atoms with Gasteiger partial charge >= 0.3 is 0 Å². The van der Waals surface area contributed by atoms with Crippen molar-refractivity contribution >= 4 is 51.4 Å². The third-order valence-electron chi connectivity index (χ3n) is 2.62. The molecule has 0 aliphatic heterocycles. The molecule has 0 bridgehead atoms. The summed E-state index contributed by atoms with van der Waals surface area (Å²) in [7, 11) is 0. The van der Waals surface area contributed by atoms with Crippen molar-refractivity contribution < 1.29 is 9.18 Å². The average Bonchev–Trinajstić information content (AvgIpc) is 2.41. The summed E-state index contributed by atoms with van der Waals surface area (Å²) in [5, 5.41) is 2.53. The van der Waals surface area contributed by atoms with Crippen molar-refractivity contribution in [2.45, 2.75) is 0 Å². The van der Waals surface area contributed by atoms with Gasteiger partial charge in [-0.3, -0.25) is 4.79 Å². The van der Waals surface area contributed by atoms with Gasteiger partial charge in [0.25, 0.3) is 5.91 Å². The lowest BCUT2D eigenvalue weighted by Gasteiger charge is -2.09. The van der Waals surface area contributed by atoms with Gasteiger partial charge in [-0.1, -0.05) is 24.4 Å². The Labute approximate surface area is 134 Å². The van der Waals surface area contributed by atoms with Crippen LogP contribution in [0.15, 0.2) is 42.5 Å². The van der Waals surface area contributed by atoms with E-state index in [0.29, 0.717) is 11.1 Å². The SMILES string of the molecule is NC(=S)c1ccc(NC(=O)c2ccccc2I)c(F)c1. The number of hydrogen-bond acceptors (Lipinski definition) is 2. The number of anilines is 1. The van der Waals surface area contributed by atoms with E-state index in [2.05, 4.69) is 27.9 Å². The maximum Gasteiger partial charge on any atom is 0.256 e. The number of halogens is 2. The van der Waals surface area contributed by atoms with Crippen LogP contribution in [0, 0.1) is 9.39 Å². The number of nitrogens with two attached hydrogens (primary N) is 1. The molecule has 0 heterocycles. The topological polar surface area (TPSA) is 55.1 Å². The number of nitrogens with one attached hydrogen (secondary N) is 1. The van der Waals surface area contributed by atoms with Crippen LogP contribution in [0.5, 0.6) is 0 Å². The van der Waals surface area contributed by atoms with Crippen LogP contribution in [0.4, 0.5) is 10.1 Å². The molecule has 0 radical (unpaired) electrons. The number of amides is 1. The number of carbonyl (C=O) groups is 1. The predicted molar refractivity (Wildman–Crippen MR) is 89.4 cm³/mol. The molecule has 0 saturated heterocycles. The third kappa shape index (κ3) is 3.31. The van der Waals surface area contributed by atoms with Gasteiger partial charge in [0.1, 0.15) is 10.8 Å². The number of thiocarbonyl (C=S) groups is 1. The van der Waals surface area contributed by atoms with Crippen LogP contribution in [0.2, 0.25) is 0 Å². The molecule has 0 saturated carbocycles. The van der Waals surface area contributed by atoms with Crippen LogP contribution in [-0.4, -0.2) is 10.9 Å².